The maximum absolute atomic E-state index is 13.6. The van der Waals surface area contributed by atoms with E-state index in [1.807, 2.05) is 12.1 Å². The molecule has 1 aliphatic rings. The molecule has 26 heavy (non-hydrogen) atoms. The summed E-state index contributed by atoms with van der Waals surface area (Å²) in [7, 11) is 3.20. The fraction of sp³-hybridized carbons (Fsp3) is 0.350. The number of ether oxygens (including phenoxy) is 2. The number of benzene rings is 2. The minimum absolute atomic E-state index is 0.0427. The van der Waals surface area contributed by atoms with Gasteiger partial charge in [0.25, 0.3) is 0 Å². The lowest BCUT2D eigenvalue weighted by Gasteiger charge is -2.26. The van der Waals surface area contributed by atoms with E-state index in [0.717, 1.165) is 28.2 Å². The van der Waals surface area contributed by atoms with Crippen LogP contribution in [0.3, 0.4) is 0 Å². The highest BCUT2D eigenvalue weighted by atomic mass is 32.2. The second-order valence-corrected chi connectivity index (χ2v) is 7.30. The van der Waals surface area contributed by atoms with Crippen molar-refractivity contribution in [3.63, 3.8) is 0 Å². The van der Waals surface area contributed by atoms with Gasteiger partial charge in [-0.25, -0.2) is 4.39 Å². The molecule has 1 heterocycles. The Bertz CT molecular complexity index is 774. The third-order valence-corrected chi connectivity index (χ3v) is 5.52. The molecule has 4 nitrogen and oxygen atoms in total. The summed E-state index contributed by atoms with van der Waals surface area (Å²) < 4.78 is 24.1. The molecular formula is C20H22FNO3S. The zero-order valence-corrected chi connectivity index (χ0v) is 15.7. The van der Waals surface area contributed by atoms with Gasteiger partial charge in [-0.05, 0) is 54.3 Å². The van der Waals surface area contributed by atoms with Crippen LogP contribution in [0.15, 0.2) is 41.3 Å². The number of aryl methyl sites for hydroxylation is 1. The Balaban J connectivity index is 1.63. The van der Waals surface area contributed by atoms with E-state index in [0.29, 0.717) is 24.3 Å². The second kappa shape index (κ2) is 8.45. The SMILES string of the molecule is COc1cc(CCC(=O)NC2CCSc3ccc(F)cc32)cc(OC)c1. The third kappa shape index (κ3) is 4.49. The van der Waals surface area contributed by atoms with Gasteiger partial charge in [0.1, 0.15) is 17.3 Å². The minimum atomic E-state index is -0.269. The number of amides is 1. The zero-order valence-electron chi connectivity index (χ0n) is 14.9. The third-order valence-electron chi connectivity index (χ3n) is 4.40. The van der Waals surface area contributed by atoms with Gasteiger partial charge in [-0.1, -0.05) is 0 Å². The molecule has 0 saturated heterocycles. The first-order chi connectivity index (χ1) is 12.6. The minimum Gasteiger partial charge on any atom is -0.497 e. The van der Waals surface area contributed by atoms with Crippen molar-refractivity contribution in [2.24, 2.45) is 0 Å². The van der Waals surface area contributed by atoms with E-state index >= 15 is 0 Å². The summed E-state index contributed by atoms with van der Waals surface area (Å²) in [5.74, 6) is 2.01. The highest BCUT2D eigenvalue weighted by Gasteiger charge is 2.22. The number of carbonyl (C=O) groups excluding carboxylic acids is 1. The predicted molar refractivity (Wildman–Crippen MR) is 100 cm³/mol. The summed E-state index contributed by atoms with van der Waals surface area (Å²) in [6.07, 6.45) is 1.74. The van der Waals surface area contributed by atoms with Crippen molar-refractivity contribution in [2.75, 3.05) is 20.0 Å². The van der Waals surface area contributed by atoms with Gasteiger partial charge in [-0.15, -0.1) is 11.8 Å². The molecule has 0 radical (unpaired) electrons. The van der Waals surface area contributed by atoms with Gasteiger partial charge >= 0.3 is 0 Å². The summed E-state index contributed by atoms with van der Waals surface area (Å²) in [6, 6.07) is 10.3. The zero-order chi connectivity index (χ0) is 18.5. The number of hydrogen-bond donors (Lipinski definition) is 1. The van der Waals surface area contributed by atoms with Crippen LogP contribution < -0.4 is 14.8 Å². The molecule has 1 aliphatic heterocycles. The van der Waals surface area contributed by atoms with E-state index in [1.54, 1.807) is 38.1 Å². The maximum Gasteiger partial charge on any atom is 0.220 e. The van der Waals surface area contributed by atoms with Gasteiger partial charge in [0.05, 0.1) is 20.3 Å². The van der Waals surface area contributed by atoms with Crippen molar-refractivity contribution >= 4 is 17.7 Å². The van der Waals surface area contributed by atoms with Crippen molar-refractivity contribution in [3.05, 3.63) is 53.3 Å². The molecule has 138 valence electrons. The fourth-order valence-electron chi connectivity index (χ4n) is 3.05. The van der Waals surface area contributed by atoms with E-state index in [-0.39, 0.29) is 17.8 Å². The van der Waals surface area contributed by atoms with Crippen LogP contribution in [0.1, 0.15) is 30.0 Å². The van der Waals surface area contributed by atoms with Crippen molar-refractivity contribution in [1.82, 2.24) is 5.32 Å². The Morgan fingerprint density at radius 2 is 1.92 bits per heavy atom. The maximum atomic E-state index is 13.6. The van der Waals surface area contributed by atoms with Crippen molar-refractivity contribution in [1.29, 1.82) is 0 Å². The smallest absolute Gasteiger partial charge is 0.220 e. The number of thioether (sulfide) groups is 1. The van der Waals surface area contributed by atoms with E-state index in [1.165, 1.54) is 12.1 Å². The van der Waals surface area contributed by atoms with Crippen molar-refractivity contribution < 1.29 is 18.7 Å². The highest BCUT2D eigenvalue weighted by molar-refractivity contribution is 7.99. The van der Waals surface area contributed by atoms with Crippen molar-refractivity contribution in [3.8, 4) is 11.5 Å². The summed E-state index contributed by atoms with van der Waals surface area (Å²) in [6.45, 7) is 0. The molecule has 0 aromatic heterocycles. The number of hydrogen-bond acceptors (Lipinski definition) is 4. The van der Waals surface area contributed by atoms with E-state index in [9.17, 15) is 9.18 Å². The lowest BCUT2D eigenvalue weighted by Crippen LogP contribution is -2.30. The lowest BCUT2D eigenvalue weighted by atomic mass is 10.0. The number of halogens is 1. The summed E-state index contributed by atoms with van der Waals surface area (Å²) >= 11 is 1.70. The van der Waals surface area contributed by atoms with E-state index < -0.39 is 0 Å². The Kier molecular flexibility index (Phi) is 6.04. The molecule has 1 atom stereocenters. The van der Waals surface area contributed by atoms with Crippen LogP contribution >= 0.6 is 11.8 Å². The Morgan fingerprint density at radius 3 is 2.62 bits per heavy atom. The van der Waals surface area contributed by atoms with Crippen LogP contribution in [0.25, 0.3) is 0 Å². The van der Waals surface area contributed by atoms with Crippen LogP contribution in [0.5, 0.6) is 11.5 Å². The van der Waals surface area contributed by atoms with Gasteiger partial charge in [-0.3, -0.25) is 4.79 Å². The number of carbonyl (C=O) groups is 1. The first-order valence-electron chi connectivity index (χ1n) is 8.52. The molecule has 1 N–H and O–H groups in total. The molecule has 3 rings (SSSR count). The average molecular weight is 375 g/mol. The Hall–Kier alpha value is -2.21. The predicted octanol–water partition coefficient (Wildman–Crippen LogP) is 4.13. The largest absolute Gasteiger partial charge is 0.497 e. The Labute approximate surface area is 157 Å². The molecule has 0 fully saturated rings. The monoisotopic (exact) mass is 375 g/mol. The molecule has 1 unspecified atom stereocenters. The molecule has 0 bridgehead atoms. The van der Waals surface area contributed by atoms with Gasteiger partial charge in [0.2, 0.25) is 5.91 Å². The van der Waals surface area contributed by atoms with Crippen LogP contribution in [0, 0.1) is 5.82 Å². The summed E-state index contributed by atoms with van der Waals surface area (Å²) in [5.41, 5.74) is 1.85. The van der Waals surface area contributed by atoms with E-state index in [4.69, 9.17) is 9.47 Å². The summed E-state index contributed by atoms with van der Waals surface area (Å²) in [5, 5.41) is 3.05. The number of rotatable bonds is 6. The topological polar surface area (TPSA) is 47.6 Å². The molecule has 1 amide bonds. The van der Waals surface area contributed by atoms with Crippen LogP contribution in [-0.2, 0) is 11.2 Å². The van der Waals surface area contributed by atoms with Crippen LogP contribution in [-0.4, -0.2) is 25.9 Å². The molecule has 2 aromatic carbocycles. The fourth-order valence-corrected chi connectivity index (χ4v) is 4.16. The highest BCUT2D eigenvalue weighted by Crippen LogP contribution is 2.36. The molecule has 0 aliphatic carbocycles. The molecule has 0 spiro atoms. The molecule has 2 aromatic rings. The number of methoxy groups -OCH3 is 2. The first-order valence-corrected chi connectivity index (χ1v) is 9.51. The number of fused-ring (bicyclic) bond motifs is 1. The van der Waals surface area contributed by atoms with Gasteiger partial charge in [0.15, 0.2) is 0 Å². The molecule has 6 heteroatoms. The second-order valence-electron chi connectivity index (χ2n) is 6.16. The molecule has 0 saturated carbocycles. The normalized spacial score (nSPS) is 15.9. The summed E-state index contributed by atoms with van der Waals surface area (Å²) in [4.78, 5) is 13.5. The Morgan fingerprint density at radius 1 is 1.19 bits per heavy atom. The van der Waals surface area contributed by atoms with Gasteiger partial charge < -0.3 is 14.8 Å². The average Bonchev–Trinajstić information content (AvgIpc) is 2.66. The van der Waals surface area contributed by atoms with Crippen LogP contribution in [0.4, 0.5) is 4.39 Å². The quantitative estimate of drug-likeness (QED) is 0.825. The lowest BCUT2D eigenvalue weighted by molar-refractivity contribution is -0.121. The first kappa shape index (κ1) is 18.6. The molecular weight excluding hydrogens is 353 g/mol. The standard InChI is InChI=1S/C20H22FNO3S/c1-24-15-9-13(10-16(12-15)25-2)3-6-20(23)22-18-7-8-26-19-5-4-14(21)11-17(18)19/h4-5,9-12,18H,3,6-8H2,1-2H3,(H,22,23). The van der Waals surface area contributed by atoms with E-state index in [2.05, 4.69) is 5.32 Å². The van der Waals surface area contributed by atoms with Gasteiger partial charge in [-0.2, -0.15) is 0 Å². The van der Waals surface area contributed by atoms with Crippen LogP contribution in [0.2, 0.25) is 0 Å². The number of nitrogens with one attached hydrogen (secondary N) is 1. The van der Waals surface area contributed by atoms with Crippen molar-refractivity contribution in [2.45, 2.75) is 30.2 Å². The van der Waals surface area contributed by atoms with Gasteiger partial charge in [0, 0.05) is 23.1 Å².